The molecular formula is C18H31B2BrO6. The van der Waals surface area contributed by atoms with Crippen LogP contribution in [0, 0.1) is 0 Å². The molecule has 0 aliphatic carbocycles. The van der Waals surface area contributed by atoms with Crippen molar-refractivity contribution in [3.63, 3.8) is 0 Å². The van der Waals surface area contributed by atoms with Crippen LogP contribution in [0.15, 0.2) is 22.7 Å². The van der Waals surface area contributed by atoms with Crippen LogP contribution in [-0.2, 0) is 9.31 Å². The van der Waals surface area contributed by atoms with Crippen LogP contribution in [0.5, 0.6) is 0 Å². The number of aliphatic hydroxyl groups is 2. The summed E-state index contributed by atoms with van der Waals surface area (Å²) in [7, 11) is -2.64. The Kier molecular flexibility index (Phi) is 7.43. The molecule has 1 aromatic carbocycles. The molecule has 9 heteroatoms. The molecule has 0 unspecified atom stereocenters. The van der Waals surface area contributed by atoms with E-state index in [1.165, 1.54) is 0 Å². The summed E-state index contributed by atoms with van der Waals surface area (Å²) in [6, 6.07) is 4.87. The quantitative estimate of drug-likeness (QED) is 0.446. The van der Waals surface area contributed by atoms with E-state index in [-0.39, 0.29) is 5.46 Å². The first-order valence-electron chi connectivity index (χ1n) is 8.84. The van der Waals surface area contributed by atoms with E-state index in [1.807, 2.05) is 0 Å². The first kappa shape index (κ1) is 24.6. The van der Waals surface area contributed by atoms with Gasteiger partial charge < -0.3 is 29.6 Å². The Morgan fingerprint density at radius 3 is 1.44 bits per heavy atom. The van der Waals surface area contributed by atoms with Gasteiger partial charge in [0.2, 0.25) is 0 Å². The molecular weight excluding hydrogens is 414 g/mol. The van der Waals surface area contributed by atoms with E-state index in [9.17, 15) is 20.3 Å². The van der Waals surface area contributed by atoms with Gasteiger partial charge in [0.25, 0.3) is 0 Å². The monoisotopic (exact) mass is 444 g/mol. The minimum Gasteiger partial charge on any atom is -0.423 e. The normalized spacial score (nSPS) is 13.7. The highest BCUT2D eigenvalue weighted by atomic mass is 79.9. The lowest BCUT2D eigenvalue weighted by Crippen LogP contribution is -2.59. The number of hydrogen-bond acceptors (Lipinski definition) is 6. The molecule has 0 aliphatic rings. The molecule has 0 atom stereocenters. The molecule has 0 heterocycles. The molecule has 1 rings (SSSR count). The van der Waals surface area contributed by atoms with Gasteiger partial charge in [0.05, 0.1) is 22.4 Å². The molecule has 6 nitrogen and oxygen atoms in total. The van der Waals surface area contributed by atoms with Gasteiger partial charge in [-0.3, -0.25) is 0 Å². The lowest BCUT2D eigenvalue weighted by atomic mass is 9.70. The number of hydrogen-bond donors (Lipinski definition) is 4. The fourth-order valence-electron chi connectivity index (χ4n) is 1.90. The third-order valence-corrected chi connectivity index (χ3v) is 5.72. The van der Waals surface area contributed by atoms with Gasteiger partial charge in [-0.2, -0.15) is 0 Å². The van der Waals surface area contributed by atoms with Crippen molar-refractivity contribution in [2.24, 2.45) is 0 Å². The van der Waals surface area contributed by atoms with Gasteiger partial charge in [-0.1, -0.05) is 22.0 Å². The molecule has 0 radical (unpaired) electrons. The summed E-state index contributed by atoms with van der Waals surface area (Å²) in [4.78, 5) is 0. The first-order chi connectivity index (χ1) is 11.9. The average molecular weight is 445 g/mol. The van der Waals surface area contributed by atoms with Crippen molar-refractivity contribution in [3.05, 3.63) is 22.7 Å². The van der Waals surface area contributed by atoms with E-state index in [2.05, 4.69) is 15.9 Å². The fourth-order valence-corrected chi connectivity index (χ4v) is 2.43. The van der Waals surface area contributed by atoms with E-state index < -0.39 is 36.6 Å². The molecule has 0 saturated heterocycles. The van der Waals surface area contributed by atoms with Gasteiger partial charge in [0.15, 0.2) is 0 Å². The molecule has 0 spiro atoms. The highest BCUT2D eigenvalue weighted by Gasteiger charge is 2.45. The van der Waals surface area contributed by atoms with E-state index >= 15 is 0 Å². The zero-order valence-corrected chi connectivity index (χ0v) is 19.0. The minimum atomic E-state index is -1.66. The second kappa shape index (κ2) is 8.14. The predicted molar refractivity (Wildman–Crippen MR) is 112 cm³/mol. The minimum absolute atomic E-state index is 0.263. The van der Waals surface area contributed by atoms with Crippen LogP contribution >= 0.6 is 15.9 Å². The van der Waals surface area contributed by atoms with Crippen LogP contribution in [0.1, 0.15) is 55.4 Å². The van der Waals surface area contributed by atoms with Crippen molar-refractivity contribution in [1.82, 2.24) is 0 Å². The van der Waals surface area contributed by atoms with Crippen molar-refractivity contribution in [2.45, 2.75) is 77.8 Å². The third kappa shape index (κ3) is 6.29. The Morgan fingerprint density at radius 1 is 0.741 bits per heavy atom. The van der Waals surface area contributed by atoms with Crippen molar-refractivity contribution in [1.29, 1.82) is 0 Å². The largest absolute Gasteiger partial charge is 0.494 e. The summed E-state index contributed by atoms with van der Waals surface area (Å²) in [6.07, 6.45) is 0. The third-order valence-electron chi connectivity index (χ3n) is 5.26. The summed E-state index contributed by atoms with van der Waals surface area (Å²) >= 11 is 3.36. The Balaban J connectivity index is 3.43. The first-order valence-corrected chi connectivity index (χ1v) is 9.63. The summed E-state index contributed by atoms with van der Waals surface area (Å²) in [5, 5.41) is 40.1. The summed E-state index contributed by atoms with van der Waals surface area (Å²) in [5.41, 5.74) is -3.60. The molecule has 152 valence electrons. The van der Waals surface area contributed by atoms with E-state index in [0.29, 0.717) is 9.94 Å². The summed E-state index contributed by atoms with van der Waals surface area (Å²) in [6.45, 7) is 13.5. The highest BCUT2D eigenvalue weighted by molar-refractivity contribution is 9.10. The Bertz CT molecular complexity index is 622. The van der Waals surface area contributed by atoms with Crippen LogP contribution in [0.4, 0.5) is 0 Å². The van der Waals surface area contributed by atoms with Gasteiger partial charge in [-0.15, -0.1) is 0 Å². The van der Waals surface area contributed by atoms with E-state index in [4.69, 9.17) is 9.31 Å². The van der Waals surface area contributed by atoms with E-state index in [1.54, 1.807) is 73.6 Å². The Morgan fingerprint density at radius 2 is 1.11 bits per heavy atom. The molecule has 0 aliphatic heterocycles. The van der Waals surface area contributed by atoms with Crippen LogP contribution in [-0.4, -0.2) is 56.9 Å². The van der Waals surface area contributed by atoms with Gasteiger partial charge in [-0.05, 0) is 78.4 Å². The standard InChI is InChI=1S/C18H31B2BrO6/c1-15(2,22)17(5,6)26-20(27-18(7,8)16(3,4)23)13-9-12(19(24)25)10-14(21)11-13/h9-11,22-25H,1-8H3. The van der Waals surface area contributed by atoms with Crippen molar-refractivity contribution < 1.29 is 29.6 Å². The summed E-state index contributed by atoms with van der Waals surface area (Å²) in [5.74, 6) is 0. The van der Waals surface area contributed by atoms with Crippen molar-refractivity contribution in [3.8, 4) is 0 Å². The molecule has 0 amide bonds. The molecule has 1 aromatic rings. The second-order valence-electron chi connectivity index (χ2n) is 8.90. The Hall–Kier alpha value is -0.410. The number of rotatable bonds is 8. The second-order valence-corrected chi connectivity index (χ2v) is 9.81. The molecule has 27 heavy (non-hydrogen) atoms. The average Bonchev–Trinajstić information content (AvgIpc) is 2.42. The smallest absolute Gasteiger partial charge is 0.423 e. The topological polar surface area (TPSA) is 99.4 Å². The zero-order valence-electron chi connectivity index (χ0n) is 17.4. The van der Waals surface area contributed by atoms with E-state index in [0.717, 1.165) is 0 Å². The van der Waals surface area contributed by atoms with Gasteiger partial charge in [0.1, 0.15) is 0 Å². The SMILES string of the molecule is CC(C)(O)C(C)(C)OB(OC(C)(C)C(C)(C)O)c1cc(Br)cc(B(O)O)c1. The van der Waals surface area contributed by atoms with Crippen LogP contribution in [0.2, 0.25) is 0 Å². The van der Waals surface area contributed by atoms with Gasteiger partial charge >= 0.3 is 14.2 Å². The highest BCUT2D eigenvalue weighted by Crippen LogP contribution is 2.30. The van der Waals surface area contributed by atoms with Crippen LogP contribution in [0.25, 0.3) is 0 Å². The van der Waals surface area contributed by atoms with Crippen LogP contribution in [0.3, 0.4) is 0 Å². The molecule has 0 aromatic heterocycles. The number of halogens is 1. The maximum atomic E-state index is 10.5. The maximum absolute atomic E-state index is 10.5. The number of benzene rings is 1. The molecule has 0 saturated carbocycles. The Labute approximate surface area is 171 Å². The summed E-state index contributed by atoms with van der Waals surface area (Å²) < 4.78 is 12.9. The molecule has 4 N–H and O–H groups in total. The van der Waals surface area contributed by atoms with Crippen LogP contribution < -0.4 is 10.9 Å². The maximum Gasteiger partial charge on any atom is 0.494 e. The molecule has 0 fully saturated rings. The fraction of sp³-hybridized carbons (Fsp3) is 0.667. The predicted octanol–water partition coefficient (Wildman–Crippen LogP) is 0.956. The lowest BCUT2D eigenvalue weighted by molar-refractivity contribution is -0.131. The van der Waals surface area contributed by atoms with Gasteiger partial charge in [-0.25, -0.2) is 0 Å². The van der Waals surface area contributed by atoms with Gasteiger partial charge in [0, 0.05) is 4.47 Å². The molecule has 0 bridgehead atoms. The zero-order chi connectivity index (χ0) is 21.4. The lowest BCUT2D eigenvalue weighted by Gasteiger charge is -2.43. The van der Waals surface area contributed by atoms with Crippen molar-refractivity contribution >= 4 is 41.1 Å². The van der Waals surface area contributed by atoms with Crippen molar-refractivity contribution in [2.75, 3.05) is 0 Å².